The minimum Gasteiger partial charge on any atom is -0.456 e. The Kier molecular flexibility index (Phi) is 4.99. The molecule has 0 spiro atoms. The molecule has 0 saturated carbocycles. The van der Waals surface area contributed by atoms with Crippen LogP contribution in [0, 0.1) is 0 Å². The molecule has 0 radical (unpaired) electrons. The summed E-state index contributed by atoms with van der Waals surface area (Å²) in [5, 5.41) is 6.05. The standard InChI is InChI=1S/C18H28N2O2Si/c1-7-23(8-2,9-3)16-12-15-11-10-14(13-20(15)19-16)17(21)22-18(4,5)6/h10-13H,7-9H2,1-6H3. The molecule has 0 aliphatic heterocycles. The third kappa shape index (κ3) is 3.66. The topological polar surface area (TPSA) is 43.6 Å². The second-order valence-corrected chi connectivity index (χ2v) is 12.4. The van der Waals surface area contributed by atoms with Gasteiger partial charge in [0.2, 0.25) is 0 Å². The zero-order valence-corrected chi connectivity index (χ0v) is 16.1. The van der Waals surface area contributed by atoms with Crippen molar-refractivity contribution in [3.05, 3.63) is 30.0 Å². The number of hydrogen-bond acceptors (Lipinski definition) is 3. The van der Waals surface area contributed by atoms with Crippen LogP contribution < -0.4 is 5.32 Å². The van der Waals surface area contributed by atoms with Crippen molar-refractivity contribution in [3.63, 3.8) is 0 Å². The number of pyridine rings is 1. The molecular weight excluding hydrogens is 304 g/mol. The average Bonchev–Trinajstić information content (AvgIpc) is 2.91. The molecule has 2 rings (SSSR count). The van der Waals surface area contributed by atoms with E-state index in [0.29, 0.717) is 5.56 Å². The van der Waals surface area contributed by atoms with Gasteiger partial charge >= 0.3 is 5.97 Å². The minimum absolute atomic E-state index is 0.304. The van der Waals surface area contributed by atoms with Gasteiger partial charge in [0.1, 0.15) is 13.7 Å². The number of aromatic nitrogens is 2. The first-order chi connectivity index (χ1) is 10.7. The number of esters is 1. The second-order valence-electron chi connectivity index (χ2n) is 7.16. The van der Waals surface area contributed by atoms with E-state index in [-0.39, 0.29) is 5.97 Å². The van der Waals surface area contributed by atoms with Crippen molar-refractivity contribution in [3.8, 4) is 0 Å². The van der Waals surface area contributed by atoms with Gasteiger partial charge in [0.25, 0.3) is 0 Å². The van der Waals surface area contributed by atoms with Gasteiger partial charge in [0, 0.05) is 11.5 Å². The first kappa shape index (κ1) is 17.7. The van der Waals surface area contributed by atoms with Crippen molar-refractivity contribution in [1.82, 2.24) is 9.61 Å². The summed E-state index contributed by atoms with van der Waals surface area (Å²) in [5.41, 5.74) is 1.09. The number of ether oxygens (including phenoxy) is 1. The molecule has 0 aliphatic rings. The van der Waals surface area contributed by atoms with Gasteiger partial charge in [-0.25, -0.2) is 9.31 Å². The number of carbonyl (C=O) groups excluding carboxylic acids is 1. The summed E-state index contributed by atoms with van der Waals surface area (Å²) in [5.74, 6) is -0.304. The third-order valence-corrected chi connectivity index (χ3v) is 10.1. The first-order valence-electron chi connectivity index (χ1n) is 8.48. The van der Waals surface area contributed by atoms with E-state index in [9.17, 15) is 4.79 Å². The number of nitrogens with zero attached hydrogens (tertiary/aromatic N) is 2. The highest BCUT2D eigenvalue weighted by Crippen LogP contribution is 2.21. The Bertz CT molecular complexity index is 688. The van der Waals surface area contributed by atoms with Gasteiger partial charge in [-0.05, 0) is 39.0 Å². The number of fused-ring (bicyclic) bond motifs is 1. The maximum absolute atomic E-state index is 12.2. The number of rotatable bonds is 5. The third-order valence-electron chi connectivity index (χ3n) is 4.67. The molecule has 5 heteroatoms. The van der Waals surface area contributed by atoms with Gasteiger partial charge in [-0.3, -0.25) is 0 Å². The molecular formula is C18H28N2O2Si. The number of carbonyl (C=O) groups is 1. The van der Waals surface area contributed by atoms with Gasteiger partial charge < -0.3 is 4.74 Å². The van der Waals surface area contributed by atoms with Crippen LogP contribution in [-0.4, -0.2) is 29.3 Å². The van der Waals surface area contributed by atoms with Crippen LogP contribution in [0.1, 0.15) is 51.9 Å². The predicted molar refractivity (Wildman–Crippen MR) is 97.2 cm³/mol. The molecule has 23 heavy (non-hydrogen) atoms. The molecule has 0 aliphatic carbocycles. The van der Waals surface area contributed by atoms with Crippen LogP contribution in [0.25, 0.3) is 5.52 Å². The molecule has 0 saturated heterocycles. The summed E-state index contributed by atoms with van der Waals surface area (Å²) in [6.07, 6.45) is 1.78. The fraction of sp³-hybridized carbons (Fsp3) is 0.556. The summed E-state index contributed by atoms with van der Waals surface area (Å²) < 4.78 is 7.27. The Balaban J connectivity index is 2.40. The fourth-order valence-electron chi connectivity index (χ4n) is 3.00. The highest BCUT2D eigenvalue weighted by Gasteiger charge is 2.32. The molecule has 0 bridgehead atoms. The van der Waals surface area contributed by atoms with Crippen LogP contribution in [-0.2, 0) is 4.74 Å². The van der Waals surface area contributed by atoms with Crippen LogP contribution >= 0.6 is 0 Å². The fourth-order valence-corrected chi connectivity index (χ4v) is 6.36. The Labute approximate surface area is 139 Å². The zero-order chi connectivity index (χ0) is 17.3. The zero-order valence-electron chi connectivity index (χ0n) is 15.1. The van der Waals surface area contributed by atoms with Crippen molar-refractivity contribution < 1.29 is 9.53 Å². The Morgan fingerprint density at radius 1 is 1.17 bits per heavy atom. The van der Waals surface area contributed by atoms with E-state index in [1.54, 1.807) is 6.20 Å². The molecule has 4 nitrogen and oxygen atoms in total. The maximum atomic E-state index is 12.2. The molecule has 0 atom stereocenters. The molecule has 2 aromatic rings. The summed E-state index contributed by atoms with van der Waals surface area (Å²) >= 11 is 0. The van der Waals surface area contributed by atoms with Gasteiger partial charge in [-0.2, -0.15) is 5.10 Å². The second kappa shape index (κ2) is 6.47. The summed E-state index contributed by atoms with van der Waals surface area (Å²) in [7, 11) is -1.51. The Morgan fingerprint density at radius 3 is 2.30 bits per heavy atom. The Morgan fingerprint density at radius 2 is 1.78 bits per heavy atom. The van der Waals surface area contributed by atoms with Crippen molar-refractivity contribution in [2.45, 2.75) is 65.3 Å². The van der Waals surface area contributed by atoms with Crippen LogP contribution in [0.3, 0.4) is 0 Å². The molecule has 126 valence electrons. The summed E-state index contributed by atoms with van der Waals surface area (Å²) in [6, 6.07) is 9.56. The summed E-state index contributed by atoms with van der Waals surface area (Å²) in [6.45, 7) is 12.4. The maximum Gasteiger partial charge on any atom is 0.340 e. The van der Waals surface area contributed by atoms with Crippen LogP contribution in [0.2, 0.25) is 18.1 Å². The average molecular weight is 333 g/mol. The molecule has 0 amide bonds. The normalized spacial score (nSPS) is 12.6. The van der Waals surface area contributed by atoms with Gasteiger partial charge in [-0.15, -0.1) is 0 Å². The van der Waals surface area contributed by atoms with Gasteiger partial charge in [0.05, 0.1) is 11.1 Å². The monoisotopic (exact) mass is 332 g/mol. The van der Waals surface area contributed by atoms with Crippen LogP contribution in [0.4, 0.5) is 0 Å². The highest BCUT2D eigenvalue weighted by atomic mass is 28.3. The molecule has 0 aromatic carbocycles. The van der Waals surface area contributed by atoms with Crippen LogP contribution in [0.5, 0.6) is 0 Å². The predicted octanol–water partition coefficient (Wildman–Crippen LogP) is 4.01. The SMILES string of the molecule is CC[Si](CC)(CC)c1cc2ccc(C(=O)OC(C)(C)C)cn2n1. The molecule has 0 fully saturated rings. The van der Waals surface area contributed by atoms with E-state index in [4.69, 9.17) is 9.84 Å². The molecule has 0 unspecified atom stereocenters. The highest BCUT2D eigenvalue weighted by molar-refractivity contribution is 6.91. The van der Waals surface area contributed by atoms with Gasteiger partial charge in [-0.1, -0.05) is 38.9 Å². The lowest BCUT2D eigenvalue weighted by atomic mass is 10.2. The van der Waals surface area contributed by atoms with E-state index >= 15 is 0 Å². The van der Waals surface area contributed by atoms with Crippen molar-refractivity contribution in [2.75, 3.05) is 0 Å². The first-order valence-corrected chi connectivity index (χ1v) is 11.1. The Hall–Kier alpha value is -1.62. The molecule has 2 heterocycles. The van der Waals surface area contributed by atoms with Gasteiger partial charge in [0.15, 0.2) is 0 Å². The molecule has 2 aromatic heterocycles. The lowest BCUT2D eigenvalue weighted by Crippen LogP contribution is -2.46. The van der Waals surface area contributed by atoms with Crippen molar-refractivity contribution in [2.24, 2.45) is 0 Å². The van der Waals surface area contributed by atoms with Crippen LogP contribution in [0.15, 0.2) is 24.4 Å². The van der Waals surface area contributed by atoms with E-state index < -0.39 is 13.7 Å². The quantitative estimate of drug-likeness (QED) is 0.614. The largest absolute Gasteiger partial charge is 0.456 e. The van der Waals surface area contributed by atoms with E-state index in [0.717, 1.165) is 5.52 Å². The number of hydrogen-bond donors (Lipinski definition) is 0. The lowest BCUT2D eigenvalue weighted by molar-refractivity contribution is 0.00689. The van der Waals surface area contributed by atoms with Crippen molar-refractivity contribution >= 4 is 24.9 Å². The smallest absolute Gasteiger partial charge is 0.340 e. The van der Waals surface area contributed by atoms with E-state index in [2.05, 4.69) is 26.8 Å². The van der Waals surface area contributed by atoms with Crippen molar-refractivity contribution in [1.29, 1.82) is 0 Å². The lowest BCUT2D eigenvalue weighted by Gasteiger charge is -2.25. The molecule has 0 N–H and O–H groups in total. The summed E-state index contributed by atoms with van der Waals surface area (Å²) in [4.78, 5) is 12.2. The minimum atomic E-state index is -1.51. The van der Waals surface area contributed by atoms with E-state index in [1.807, 2.05) is 37.4 Å². The van der Waals surface area contributed by atoms with E-state index in [1.165, 1.54) is 23.4 Å².